The maximum atomic E-state index is 11.7. The number of fused-ring (bicyclic) bond motifs is 5. The zero-order chi connectivity index (χ0) is 20.7. The van der Waals surface area contributed by atoms with Gasteiger partial charge in [0.05, 0.1) is 17.3 Å². The van der Waals surface area contributed by atoms with Crippen molar-refractivity contribution in [1.29, 1.82) is 0 Å². The van der Waals surface area contributed by atoms with Gasteiger partial charge in [0.25, 0.3) is 0 Å². The fourth-order valence-electron chi connectivity index (χ4n) is 5.22. The fourth-order valence-corrected chi connectivity index (χ4v) is 5.22. The summed E-state index contributed by atoms with van der Waals surface area (Å²) in [5, 5.41) is 14.2. The Kier molecular flexibility index (Phi) is 4.99. The lowest BCUT2D eigenvalue weighted by molar-refractivity contribution is 0.0697. The molecule has 1 aromatic heterocycles. The summed E-state index contributed by atoms with van der Waals surface area (Å²) >= 11 is 0. The normalized spacial score (nSPS) is 19.4. The number of likely N-dealkylation sites (N-methyl/N-ethyl adjacent to an activating group) is 1. The molecule has 0 unspecified atom stereocenters. The first kappa shape index (κ1) is 19.2. The van der Waals surface area contributed by atoms with Crippen LogP contribution in [0.5, 0.6) is 5.75 Å². The fraction of sp³-hybridized carbons (Fsp3) is 0.400. The van der Waals surface area contributed by atoms with Crippen molar-refractivity contribution in [1.82, 2.24) is 9.88 Å². The second kappa shape index (κ2) is 7.80. The zero-order valence-electron chi connectivity index (χ0n) is 17.4. The van der Waals surface area contributed by atoms with Gasteiger partial charge in [0.15, 0.2) is 0 Å². The van der Waals surface area contributed by atoms with E-state index in [0.717, 1.165) is 23.4 Å². The Morgan fingerprint density at radius 1 is 1.13 bits per heavy atom. The summed E-state index contributed by atoms with van der Waals surface area (Å²) in [5.41, 5.74) is 5.04. The van der Waals surface area contributed by atoms with Gasteiger partial charge in [-0.3, -0.25) is 0 Å². The highest BCUT2D eigenvalue weighted by Crippen LogP contribution is 2.46. The van der Waals surface area contributed by atoms with E-state index >= 15 is 0 Å². The highest BCUT2D eigenvalue weighted by molar-refractivity contribution is 5.98. The van der Waals surface area contributed by atoms with Crippen molar-refractivity contribution in [3.8, 4) is 17.0 Å². The van der Waals surface area contributed by atoms with E-state index in [1.54, 1.807) is 6.07 Å². The third-order valence-electron chi connectivity index (χ3n) is 6.76. The van der Waals surface area contributed by atoms with Crippen LogP contribution in [0.4, 0.5) is 0 Å². The van der Waals surface area contributed by atoms with Crippen LogP contribution in [0, 0.1) is 0 Å². The highest BCUT2D eigenvalue weighted by atomic mass is 16.5. The van der Waals surface area contributed by atoms with Crippen molar-refractivity contribution < 1.29 is 14.6 Å². The highest BCUT2D eigenvalue weighted by Gasteiger charge is 2.30. The van der Waals surface area contributed by atoms with E-state index in [1.165, 1.54) is 48.7 Å². The van der Waals surface area contributed by atoms with Gasteiger partial charge in [0.1, 0.15) is 12.4 Å². The predicted octanol–water partition coefficient (Wildman–Crippen LogP) is 5.03. The van der Waals surface area contributed by atoms with Crippen LogP contribution in [0.1, 0.15) is 53.9 Å². The van der Waals surface area contributed by atoms with Crippen molar-refractivity contribution in [3.05, 3.63) is 53.6 Å². The van der Waals surface area contributed by atoms with Crippen molar-refractivity contribution in [2.24, 2.45) is 0 Å². The minimum Gasteiger partial charge on any atom is -0.491 e. The van der Waals surface area contributed by atoms with Gasteiger partial charge < -0.3 is 19.7 Å². The molecule has 1 fully saturated rings. The predicted molar refractivity (Wildman–Crippen MR) is 119 cm³/mol. The molecule has 156 valence electrons. The van der Waals surface area contributed by atoms with Crippen molar-refractivity contribution in [2.75, 3.05) is 13.7 Å². The number of benzene rings is 2. The van der Waals surface area contributed by atoms with Crippen LogP contribution in [-0.4, -0.2) is 35.3 Å². The lowest BCUT2D eigenvalue weighted by Crippen LogP contribution is -2.37. The third kappa shape index (κ3) is 3.18. The van der Waals surface area contributed by atoms with Gasteiger partial charge in [-0.2, -0.15) is 0 Å². The standard InChI is InChI=1S/C25H28N2O3/c1-26-18-14-27-21-13-17(25(28)29)11-12-19(21)23(16-7-3-2-4-8-16)24(27)20-9-5-6-10-22(20)30-15-18/h5-6,9-13,16,18,26H,2-4,7-8,14-15H2,1H3,(H,28,29)/t18-/m1/s1. The molecule has 0 saturated heterocycles. The number of para-hydroxylation sites is 1. The minimum atomic E-state index is -0.883. The van der Waals surface area contributed by atoms with Crippen LogP contribution in [0.2, 0.25) is 0 Å². The molecule has 2 aromatic carbocycles. The topological polar surface area (TPSA) is 63.5 Å². The van der Waals surface area contributed by atoms with Gasteiger partial charge in [-0.15, -0.1) is 0 Å². The molecule has 30 heavy (non-hydrogen) atoms. The number of carboxylic acids is 1. The molecule has 1 aliphatic carbocycles. The first-order chi connectivity index (χ1) is 14.7. The average molecular weight is 405 g/mol. The molecule has 0 spiro atoms. The Morgan fingerprint density at radius 2 is 1.93 bits per heavy atom. The van der Waals surface area contributed by atoms with Gasteiger partial charge in [0, 0.05) is 23.0 Å². The number of aromatic nitrogens is 1. The van der Waals surface area contributed by atoms with Crippen LogP contribution in [0.25, 0.3) is 22.2 Å². The summed E-state index contributed by atoms with van der Waals surface area (Å²) in [6, 6.07) is 14.0. The van der Waals surface area contributed by atoms with Gasteiger partial charge in [-0.25, -0.2) is 4.79 Å². The number of carboxylic acid groups (broad SMARTS) is 1. The number of ether oxygens (including phenoxy) is 1. The van der Waals surface area contributed by atoms with E-state index in [-0.39, 0.29) is 6.04 Å². The summed E-state index contributed by atoms with van der Waals surface area (Å²) in [6.07, 6.45) is 6.17. The van der Waals surface area contributed by atoms with Gasteiger partial charge in [0.2, 0.25) is 0 Å². The van der Waals surface area contributed by atoms with E-state index in [4.69, 9.17) is 4.74 Å². The Morgan fingerprint density at radius 3 is 2.70 bits per heavy atom. The molecule has 0 bridgehead atoms. The molecule has 2 aliphatic rings. The van der Waals surface area contributed by atoms with Gasteiger partial charge in [-0.1, -0.05) is 37.5 Å². The zero-order valence-corrected chi connectivity index (χ0v) is 17.4. The summed E-state index contributed by atoms with van der Waals surface area (Å²) in [7, 11) is 1.96. The van der Waals surface area contributed by atoms with Crippen LogP contribution in [-0.2, 0) is 6.54 Å². The monoisotopic (exact) mass is 404 g/mol. The maximum absolute atomic E-state index is 11.7. The van der Waals surface area contributed by atoms with E-state index in [9.17, 15) is 9.90 Å². The molecule has 5 nitrogen and oxygen atoms in total. The number of nitrogens with one attached hydrogen (secondary N) is 1. The number of hydrogen-bond acceptors (Lipinski definition) is 3. The largest absolute Gasteiger partial charge is 0.491 e. The maximum Gasteiger partial charge on any atom is 0.335 e. The van der Waals surface area contributed by atoms with Crippen molar-refractivity contribution in [3.63, 3.8) is 0 Å². The Labute approximate surface area is 176 Å². The molecule has 1 saturated carbocycles. The Bertz CT molecular complexity index is 1100. The molecule has 0 amide bonds. The molecular formula is C25H28N2O3. The quantitative estimate of drug-likeness (QED) is 0.642. The second-order valence-electron chi connectivity index (χ2n) is 8.54. The number of hydrogen-bond donors (Lipinski definition) is 2. The first-order valence-corrected chi connectivity index (χ1v) is 11.0. The van der Waals surface area contributed by atoms with E-state index < -0.39 is 5.97 Å². The summed E-state index contributed by atoms with van der Waals surface area (Å²) in [4.78, 5) is 11.7. The molecule has 5 rings (SSSR count). The average Bonchev–Trinajstić information content (AvgIpc) is 3.08. The molecule has 0 radical (unpaired) electrons. The minimum absolute atomic E-state index is 0.139. The first-order valence-electron chi connectivity index (χ1n) is 11.0. The Hall–Kier alpha value is -2.79. The Balaban J connectivity index is 1.84. The molecule has 2 heterocycles. The van der Waals surface area contributed by atoms with Crippen LogP contribution < -0.4 is 10.1 Å². The van der Waals surface area contributed by atoms with Crippen LogP contribution >= 0.6 is 0 Å². The number of rotatable bonds is 3. The SMILES string of the molecule is CN[C@H]1COc2ccccc2-c2c(C3CCCCC3)c3ccc(C(=O)O)cc3n2C1. The van der Waals surface area contributed by atoms with Crippen LogP contribution in [0.15, 0.2) is 42.5 Å². The summed E-state index contributed by atoms with van der Waals surface area (Å²) in [5.74, 6) is 0.511. The molecule has 5 heteroatoms. The number of aromatic carboxylic acids is 1. The molecular weight excluding hydrogens is 376 g/mol. The third-order valence-corrected chi connectivity index (χ3v) is 6.76. The number of nitrogens with zero attached hydrogens (tertiary/aromatic N) is 1. The number of carbonyl (C=O) groups is 1. The van der Waals surface area contributed by atoms with E-state index in [0.29, 0.717) is 18.1 Å². The van der Waals surface area contributed by atoms with Gasteiger partial charge in [-0.05, 0) is 55.6 Å². The van der Waals surface area contributed by atoms with E-state index in [1.807, 2.05) is 31.3 Å². The molecule has 2 N–H and O–H groups in total. The van der Waals surface area contributed by atoms with E-state index in [2.05, 4.69) is 22.0 Å². The van der Waals surface area contributed by atoms with Crippen molar-refractivity contribution in [2.45, 2.75) is 50.6 Å². The summed E-state index contributed by atoms with van der Waals surface area (Å²) < 4.78 is 8.56. The van der Waals surface area contributed by atoms with Gasteiger partial charge >= 0.3 is 5.97 Å². The summed E-state index contributed by atoms with van der Waals surface area (Å²) in [6.45, 7) is 1.32. The molecule has 1 aliphatic heterocycles. The second-order valence-corrected chi connectivity index (χ2v) is 8.54. The lowest BCUT2D eigenvalue weighted by atomic mass is 9.81. The molecule has 3 aromatic rings. The van der Waals surface area contributed by atoms with Crippen molar-refractivity contribution >= 4 is 16.9 Å². The lowest BCUT2D eigenvalue weighted by Gasteiger charge is -2.27. The van der Waals surface area contributed by atoms with Crippen LogP contribution in [0.3, 0.4) is 0 Å². The smallest absolute Gasteiger partial charge is 0.335 e. The molecule has 1 atom stereocenters.